The molecule has 0 bridgehead atoms. The minimum atomic E-state index is 0.505. The molecule has 1 fully saturated rings. The van der Waals surface area contributed by atoms with Crippen LogP contribution in [0.3, 0.4) is 0 Å². The number of anilines is 1. The highest BCUT2D eigenvalue weighted by molar-refractivity contribution is 7.71. The van der Waals surface area contributed by atoms with Crippen LogP contribution in [0.2, 0.25) is 0 Å². The molecule has 84 valence electrons. The summed E-state index contributed by atoms with van der Waals surface area (Å²) in [4.78, 5) is 5.04. The van der Waals surface area contributed by atoms with Crippen molar-refractivity contribution in [2.24, 2.45) is 0 Å². The zero-order valence-electron chi connectivity index (χ0n) is 8.90. The number of aromatic amines is 1. The summed E-state index contributed by atoms with van der Waals surface area (Å²) < 4.78 is 5.90. The Bertz CT molecular complexity index is 455. The highest BCUT2D eigenvalue weighted by atomic mass is 32.1. The van der Waals surface area contributed by atoms with Crippen LogP contribution < -0.4 is 4.90 Å². The average molecular weight is 235 g/mol. The summed E-state index contributed by atoms with van der Waals surface area (Å²) >= 11 is 5.11. The second-order valence-corrected chi connectivity index (χ2v) is 4.04. The summed E-state index contributed by atoms with van der Waals surface area (Å²) in [7, 11) is 0. The molecule has 16 heavy (non-hydrogen) atoms. The van der Waals surface area contributed by atoms with Gasteiger partial charge in [0.15, 0.2) is 0 Å². The van der Waals surface area contributed by atoms with Crippen molar-refractivity contribution in [1.29, 1.82) is 5.26 Å². The Hall–Kier alpha value is -1.38. The van der Waals surface area contributed by atoms with Gasteiger partial charge >= 0.3 is 0 Å². The lowest BCUT2D eigenvalue weighted by Gasteiger charge is -2.22. The molecule has 1 N–H and O–H groups in total. The third-order valence-electron chi connectivity index (χ3n) is 2.61. The third-order valence-corrected chi connectivity index (χ3v) is 2.94. The van der Waals surface area contributed by atoms with Crippen LogP contribution in [0, 0.1) is 16.0 Å². The van der Waals surface area contributed by atoms with Crippen molar-refractivity contribution in [3.05, 3.63) is 22.5 Å². The highest BCUT2D eigenvalue weighted by Gasteiger charge is 2.14. The molecule has 1 aliphatic heterocycles. The molecule has 2 heterocycles. The average Bonchev–Trinajstić information content (AvgIpc) is 2.57. The first-order chi connectivity index (χ1) is 7.83. The molecule has 0 aliphatic carbocycles. The van der Waals surface area contributed by atoms with E-state index in [1.807, 2.05) is 6.07 Å². The van der Waals surface area contributed by atoms with E-state index < -0.39 is 0 Å². The zero-order chi connectivity index (χ0) is 11.4. The number of hydrogen-bond acceptors (Lipinski definition) is 4. The van der Waals surface area contributed by atoms with Gasteiger partial charge < -0.3 is 14.6 Å². The summed E-state index contributed by atoms with van der Waals surface area (Å²) in [6.45, 7) is 3.22. The van der Waals surface area contributed by atoms with E-state index in [-0.39, 0.29) is 0 Å². The lowest BCUT2D eigenvalue weighted by atomic mass is 10.2. The normalized spacial score (nSPS) is 16.6. The molecule has 1 aromatic rings. The fourth-order valence-corrected chi connectivity index (χ4v) is 2.04. The number of nitrogens with zero attached hydrogens (tertiary/aromatic N) is 2. The maximum atomic E-state index is 9.11. The molecule has 0 spiro atoms. The van der Waals surface area contributed by atoms with Gasteiger partial charge in [-0.05, 0) is 12.5 Å². The molecule has 0 aromatic carbocycles. The van der Waals surface area contributed by atoms with Crippen molar-refractivity contribution in [1.82, 2.24) is 4.98 Å². The van der Waals surface area contributed by atoms with Crippen molar-refractivity contribution in [2.45, 2.75) is 6.42 Å². The lowest BCUT2D eigenvalue weighted by Crippen LogP contribution is -2.26. The fourth-order valence-electron chi connectivity index (χ4n) is 1.83. The number of hydrogen-bond donors (Lipinski definition) is 1. The number of nitriles is 1. The predicted molar refractivity (Wildman–Crippen MR) is 64.0 cm³/mol. The van der Waals surface area contributed by atoms with Gasteiger partial charge in [-0.15, -0.1) is 0 Å². The minimum Gasteiger partial charge on any atom is -0.380 e. The molecule has 1 saturated heterocycles. The Morgan fingerprint density at radius 2 is 2.31 bits per heavy atom. The molecule has 4 nitrogen and oxygen atoms in total. The molecule has 0 atom stereocenters. The standard InChI is InChI=1S/C11H13N3OS/c12-8-9-10(2-3-13-11(9)16)14-4-1-6-15-7-5-14/h2-3H,1,4-7H2,(H,13,16). The Balaban J connectivity index is 2.35. The number of ether oxygens (including phenoxy) is 1. The molecule has 1 aliphatic rings. The van der Waals surface area contributed by atoms with E-state index in [2.05, 4.69) is 16.0 Å². The first-order valence-electron chi connectivity index (χ1n) is 5.27. The van der Waals surface area contributed by atoms with Crippen LogP contribution in [0.25, 0.3) is 0 Å². The molecular weight excluding hydrogens is 222 g/mol. The maximum Gasteiger partial charge on any atom is 0.123 e. The van der Waals surface area contributed by atoms with Crippen molar-refractivity contribution in [3.63, 3.8) is 0 Å². The topological polar surface area (TPSA) is 52.1 Å². The summed E-state index contributed by atoms with van der Waals surface area (Å²) in [5.41, 5.74) is 1.47. The van der Waals surface area contributed by atoms with Gasteiger partial charge in [0.05, 0.1) is 12.3 Å². The van der Waals surface area contributed by atoms with Crippen LogP contribution in [-0.4, -0.2) is 31.3 Å². The molecule has 5 heteroatoms. The third kappa shape index (κ3) is 2.23. The first-order valence-corrected chi connectivity index (χ1v) is 5.68. The quantitative estimate of drug-likeness (QED) is 0.755. The predicted octanol–water partition coefficient (Wildman–Crippen LogP) is 1.84. The van der Waals surface area contributed by atoms with Crippen LogP contribution in [-0.2, 0) is 4.74 Å². The van der Waals surface area contributed by atoms with Gasteiger partial charge in [-0.1, -0.05) is 12.2 Å². The molecule has 2 rings (SSSR count). The van der Waals surface area contributed by atoms with E-state index in [0.717, 1.165) is 31.8 Å². The largest absolute Gasteiger partial charge is 0.380 e. The van der Waals surface area contributed by atoms with Crippen molar-refractivity contribution >= 4 is 17.9 Å². The van der Waals surface area contributed by atoms with Gasteiger partial charge in [-0.2, -0.15) is 5.26 Å². The van der Waals surface area contributed by atoms with Gasteiger partial charge in [-0.3, -0.25) is 0 Å². The Kier molecular flexibility index (Phi) is 3.54. The van der Waals surface area contributed by atoms with Crippen LogP contribution in [0.15, 0.2) is 12.3 Å². The Morgan fingerprint density at radius 1 is 1.44 bits per heavy atom. The molecule has 1 aromatic heterocycles. The Labute approximate surface area is 99.5 Å². The second kappa shape index (κ2) is 5.10. The van der Waals surface area contributed by atoms with Crippen LogP contribution in [0.4, 0.5) is 5.69 Å². The van der Waals surface area contributed by atoms with E-state index in [9.17, 15) is 0 Å². The number of aromatic nitrogens is 1. The van der Waals surface area contributed by atoms with Crippen molar-refractivity contribution in [2.75, 3.05) is 31.2 Å². The molecular formula is C11H13N3OS. The molecule has 0 saturated carbocycles. The van der Waals surface area contributed by atoms with E-state index in [1.165, 1.54) is 0 Å². The van der Waals surface area contributed by atoms with Gasteiger partial charge in [0.1, 0.15) is 16.3 Å². The number of rotatable bonds is 1. The van der Waals surface area contributed by atoms with E-state index in [4.69, 9.17) is 22.2 Å². The molecule has 0 unspecified atom stereocenters. The fraction of sp³-hybridized carbons (Fsp3) is 0.455. The monoisotopic (exact) mass is 235 g/mol. The summed E-state index contributed by atoms with van der Waals surface area (Å²) in [5.74, 6) is 0. The summed E-state index contributed by atoms with van der Waals surface area (Å²) in [5, 5.41) is 9.11. The lowest BCUT2D eigenvalue weighted by molar-refractivity contribution is 0.152. The molecule has 0 radical (unpaired) electrons. The van der Waals surface area contributed by atoms with Gasteiger partial charge in [0.25, 0.3) is 0 Å². The van der Waals surface area contributed by atoms with E-state index in [1.54, 1.807) is 6.20 Å². The van der Waals surface area contributed by atoms with E-state index >= 15 is 0 Å². The second-order valence-electron chi connectivity index (χ2n) is 3.63. The minimum absolute atomic E-state index is 0.505. The zero-order valence-corrected chi connectivity index (χ0v) is 9.72. The van der Waals surface area contributed by atoms with Gasteiger partial charge in [0, 0.05) is 25.9 Å². The highest BCUT2D eigenvalue weighted by Crippen LogP contribution is 2.20. The van der Waals surface area contributed by atoms with Crippen molar-refractivity contribution < 1.29 is 4.74 Å². The number of H-pyrrole nitrogens is 1. The summed E-state index contributed by atoms with van der Waals surface area (Å²) in [6, 6.07) is 4.07. The molecule has 0 amide bonds. The smallest absolute Gasteiger partial charge is 0.123 e. The summed E-state index contributed by atoms with van der Waals surface area (Å²) in [6.07, 6.45) is 2.76. The Morgan fingerprint density at radius 3 is 3.12 bits per heavy atom. The van der Waals surface area contributed by atoms with Gasteiger partial charge in [-0.25, -0.2) is 0 Å². The van der Waals surface area contributed by atoms with Crippen LogP contribution in [0.1, 0.15) is 12.0 Å². The maximum absolute atomic E-state index is 9.11. The number of pyridine rings is 1. The van der Waals surface area contributed by atoms with Crippen LogP contribution >= 0.6 is 12.2 Å². The SMILES string of the molecule is N#Cc1c(N2CCCOCC2)cc[nH]c1=S. The van der Waals surface area contributed by atoms with Gasteiger partial charge in [0.2, 0.25) is 0 Å². The first kappa shape index (κ1) is 11.1. The van der Waals surface area contributed by atoms with Crippen LogP contribution in [0.5, 0.6) is 0 Å². The van der Waals surface area contributed by atoms with E-state index in [0.29, 0.717) is 16.8 Å². The number of nitrogens with one attached hydrogen (secondary N) is 1. The van der Waals surface area contributed by atoms with Crippen molar-refractivity contribution in [3.8, 4) is 6.07 Å².